The van der Waals surface area contributed by atoms with Gasteiger partial charge in [0.2, 0.25) is 5.91 Å². The van der Waals surface area contributed by atoms with E-state index in [1.165, 1.54) is 11.1 Å². The first-order valence-electron chi connectivity index (χ1n) is 10.8. The minimum Gasteiger partial charge on any atom is -0.357 e. The van der Waals surface area contributed by atoms with E-state index in [9.17, 15) is 4.79 Å². The fourth-order valence-electron chi connectivity index (χ4n) is 4.22. The lowest BCUT2D eigenvalue weighted by atomic mass is 9.88. The maximum absolute atomic E-state index is 12.8. The van der Waals surface area contributed by atoms with Gasteiger partial charge < -0.3 is 10.2 Å². The molecule has 0 spiro atoms. The molecule has 3 aromatic rings. The van der Waals surface area contributed by atoms with Crippen LogP contribution >= 0.6 is 0 Å². The van der Waals surface area contributed by atoms with E-state index in [4.69, 9.17) is 0 Å². The Morgan fingerprint density at radius 1 is 0.900 bits per heavy atom. The first-order chi connectivity index (χ1) is 14.8. The van der Waals surface area contributed by atoms with Crippen molar-refractivity contribution in [3.8, 4) is 0 Å². The number of piperidine rings is 1. The molecule has 30 heavy (non-hydrogen) atoms. The van der Waals surface area contributed by atoms with Crippen molar-refractivity contribution in [1.82, 2.24) is 10.3 Å². The molecule has 1 aliphatic heterocycles. The number of hydrogen-bond acceptors (Lipinski definition) is 3. The van der Waals surface area contributed by atoms with Gasteiger partial charge in [-0.2, -0.15) is 0 Å². The van der Waals surface area contributed by atoms with Crippen molar-refractivity contribution in [3.63, 3.8) is 0 Å². The van der Waals surface area contributed by atoms with Crippen LogP contribution in [0.15, 0.2) is 85.1 Å². The molecule has 4 rings (SSSR count). The standard InChI is InChI=1S/C26H29N3O/c30-26(19-24(22-9-3-1-4-10-22)23-11-5-2-6-12-23)28-20-21-14-17-29(18-15-21)25-13-7-8-16-27-25/h1-13,16,21,24H,14-15,17-20H2,(H,28,30). The third-order valence-corrected chi connectivity index (χ3v) is 5.97. The van der Waals surface area contributed by atoms with Crippen molar-refractivity contribution in [2.75, 3.05) is 24.5 Å². The summed E-state index contributed by atoms with van der Waals surface area (Å²) >= 11 is 0. The van der Waals surface area contributed by atoms with Gasteiger partial charge >= 0.3 is 0 Å². The minimum atomic E-state index is 0.0819. The smallest absolute Gasteiger partial charge is 0.220 e. The zero-order chi connectivity index (χ0) is 20.6. The summed E-state index contributed by atoms with van der Waals surface area (Å²) in [5, 5.41) is 3.20. The van der Waals surface area contributed by atoms with E-state index < -0.39 is 0 Å². The molecule has 0 saturated carbocycles. The number of amides is 1. The number of pyridine rings is 1. The number of carbonyl (C=O) groups excluding carboxylic acids is 1. The summed E-state index contributed by atoms with van der Waals surface area (Å²) in [4.78, 5) is 19.6. The minimum absolute atomic E-state index is 0.0819. The van der Waals surface area contributed by atoms with Crippen molar-refractivity contribution in [3.05, 3.63) is 96.2 Å². The Morgan fingerprint density at radius 3 is 2.07 bits per heavy atom. The SMILES string of the molecule is O=C(CC(c1ccccc1)c1ccccc1)NCC1CCN(c2ccccn2)CC1. The maximum atomic E-state index is 12.8. The van der Waals surface area contributed by atoms with Gasteiger partial charge in [-0.15, -0.1) is 0 Å². The number of anilines is 1. The van der Waals surface area contributed by atoms with Crippen LogP contribution in [0.5, 0.6) is 0 Å². The highest BCUT2D eigenvalue weighted by atomic mass is 16.1. The third kappa shape index (κ3) is 5.26. The van der Waals surface area contributed by atoms with Gasteiger partial charge in [0.05, 0.1) is 0 Å². The monoisotopic (exact) mass is 399 g/mol. The summed E-state index contributed by atoms with van der Waals surface area (Å²) in [5.41, 5.74) is 2.37. The van der Waals surface area contributed by atoms with E-state index in [1.54, 1.807) is 0 Å². The van der Waals surface area contributed by atoms with Crippen molar-refractivity contribution in [1.29, 1.82) is 0 Å². The highest BCUT2D eigenvalue weighted by molar-refractivity contribution is 5.77. The number of hydrogen-bond donors (Lipinski definition) is 1. The summed E-state index contributed by atoms with van der Waals surface area (Å²) in [5.74, 6) is 1.78. The number of benzene rings is 2. The van der Waals surface area contributed by atoms with Crippen LogP contribution in [0.1, 0.15) is 36.3 Å². The number of rotatable bonds is 7. The number of nitrogens with zero attached hydrogens (tertiary/aromatic N) is 2. The summed E-state index contributed by atoms with van der Waals surface area (Å²) in [6.07, 6.45) is 4.48. The number of nitrogens with one attached hydrogen (secondary N) is 1. The van der Waals surface area contributed by atoms with Crippen molar-refractivity contribution < 1.29 is 4.79 Å². The first kappa shape index (κ1) is 20.1. The molecule has 0 radical (unpaired) electrons. The van der Waals surface area contributed by atoms with E-state index >= 15 is 0 Å². The van der Waals surface area contributed by atoms with Gasteiger partial charge in [-0.25, -0.2) is 4.98 Å². The van der Waals surface area contributed by atoms with Crippen molar-refractivity contribution in [2.24, 2.45) is 5.92 Å². The Kier molecular flexibility index (Phi) is 6.75. The molecular weight excluding hydrogens is 370 g/mol. The summed E-state index contributed by atoms with van der Waals surface area (Å²) in [6, 6.07) is 26.7. The fraction of sp³-hybridized carbons (Fsp3) is 0.308. The molecule has 0 unspecified atom stereocenters. The van der Waals surface area contributed by atoms with Crippen LogP contribution in [0.2, 0.25) is 0 Å². The molecule has 1 N–H and O–H groups in total. The van der Waals surface area contributed by atoms with Crippen molar-refractivity contribution >= 4 is 11.7 Å². The lowest BCUT2D eigenvalue weighted by Crippen LogP contribution is -2.39. The molecule has 1 saturated heterocycles. The van der Waals surface area contributed by atoms with Crippen LogP contribution in [0.25, 0.3) is 0 Å². The lowest BCUT2D eigenvalue weighted by Gasteiger charge is -2.33. The zero-order valence-electron chi connectivity index (χ0n) is 17.3. The molecule has 4 nitrogen and oxygen atoms in total. The van der Waals surface area contributed by atoms with Gasteiger partial charge in [-0.1, -0.05) is 66.7 Å². The zero-order valence-corrected chi connectivity index (χ0v) is 17.3. The molecule has 4 heteroatoms. The largest absolute Gasteiger partial charge is 0.357 e. The second-order valence-corrected chi connectivity index (χ2v) is 8.00. The normalized spacial score (nSPS) is 14.6. The molecule has 2 aromatic carbocycles. The van der Waals surface area contributed by atoms with Crippen LogP contribution < -0.4 is 10.2 Å². The van der Waals surface area contributed by atoms with E-state index in [0.29, 0.717) is 12.3 Å². The van der Waals surface area contributed by atoms with Crippen LogP contribution in [0.4, 0.5) is 5.82 Å². The molecular formula is C26H29N3O. The highest BCUT2D eigenvalue weighted by Gasteiger charge is 2.22. The second kappa shape index (κ2) is 10.1. The number of aromatic nitrogens is 1. The third-order valence-electron chi connectivity index (χ3n) is 5.97. The predicted octanol–water partition coefficient (Wildman–Crippen LogP) is 4.64. The Labute approximate surface area is 179 Å². The fourth-order valence-corrected chi connectivity index (χ4v) is 4.22. The molecule has 1 amide bonds. The maximum Gasteiger partial charge on any atom is 0.220 e. The molecule has 2 heterocycles. The second-order valence-electron chi connectivity index (χ2n) is 8.00. The Morgan fingerprint density at radius 2 is 1.50 bits per heavy atom. The average molecular weight is 400 g/mol. The van der Waals surface area contributed by atoms with Gasteiger partial charge in [0, 0.05) is 38.2 Å². The van der Waals surface area contributed by atoms with Gasteiger partial charge in [0.25, 0.3) is 0 Å². The quantitative estimate of drug-likeness (QED) is 0.630. The molecule has 0 bridgehead atoms. The molecule has 1 aromatic heterocycles. The predicted molar refractivity (Wildman–Crippen MR) is 122 cm³/mol. The lowest BCUT2D eigenvalue weighted by molar-refractivity contribution is -0.121. The average Bonchev–Trinajstić information content (AvgIpc) is 2.83. The van der Waals surface area contributed by atoms with Gasteiger partial charge in [0.15, 0.2) is 0 Å². The molecule has 1 fully saturated rings. The number of carbonyl (C=O) groups is 1. The Bertz CT molecular complexity index is 867. The Balaban J connectivity index is 1.30. The molecule has 0 aliphatic carbocycles. The van der Waals surface area contributed by atoms with Crippen LogP contribution in [-0.4, -0.2) is 30.5 Å². The van der Waals surface area contributed by atoms with E-state index in [-0.39, 0.29) is 11.8 Å². The first-order valence-corrected chi connectivity index (χ1v) is 10.8. The summed E-state index contributed by atoms with van der Waals surface area (Å²) in [7, 11) is 0. The Hall–Kier alpha value is -3.14. The van der Waals surface area contributed by atoms with Gasteiger partial charge in [0.1, 0.15) is 5.82 Å². The molecule has 154 valence electrons. The molecule has 0 atom stereocenters. The van der Waals surface area contributed by atoms with E-state index in [0.717, 1.165) is 38.3 Å². The van der Waals surface area contributed by atoms with Crippen LogP contribution in [-0.2, 0) is 4.79 Å². The summed E-state index contributed by atoms with van der Waals surface area (Å²) < 4.78 is 0. The van der Waals surface area contributed by atoms with E-state index in [2.05, 4.69) is 45.5 Å². The van der Waals surface area contributed by atoms with Crippen LogP contribution in [0.3, 0.4) is 0 Å². The van der Waals surface area contributed by atoms with Crippen LogP contribution in [0, 0.1) is 5.92 Å². The van der Waals surface area contributed by atoms with Gasteiger partial charge in [-0.3, -0.25) is 4.79 Å². The van der Waals surface area contributed by atoms with E-state index in [1.807, 2.05) is 54.7 Å². The van der Waals surface area contributed by atoms with Crippen molar-refractivity contribution in [2.45, 2.75) is 25.2 Å². The highest BCUT2D eigenvalue weighted by Crippen LogP contribution is 2.28. The topological polar surface area (TPSA) is 45.2 Å². The summed E-state index contributed by atoms with van der Waals surface area (Å²) in [6.45, 7) is 2.74. The molecule has 1 aliphatic rings. The van der Waals surface area contributed by atoms with Gasteiger partial charge in [-0.05, 0) is 42.0 Å².